The Morgan fingerprint density at radius 2 is 1.65 bits per heavy atom. The molecule has 0 unspecified atom stereocenters. The van der Waals surface area contributed by atoms with Gasteiger partial charge in [0.1, 0.15) is 28.1 Å². The number of nitriles is 1. The van der Waals surface area contributed by atoms with Crippen molar-refractivity contribution in [3.63, 3.8) is 0 Å². The Morgan fingerprint density at radius 3 is 2.15 bits per heavy atom. The number of ether oxygens (including phenoxy) is 2. The summed E-state index contributed by atoms with van der Waals surface area (Å²) >= 11 is 7.17. The minimum atomic E-state index is -0.233. The van der Waals surface area contributed by atoms with Crippen LogP contribution in [0.4, 0.5) is 5.00 Å². The lowest BCUT2D eigenvalue weighted by molar-refractivity contribution is 0.413. The SMILES string of the molecule is COc1cccc(C(Nc2snc(Cl)c2C#N)c2cccc(OC)c2)c1. The predicted octanol–water partition coefficient (Wildman–Crippen LogP) is 4.89. The van der Waals surface area contributed by atoms with Gasteiger partial charge in [-0.05, 0) is 46.9 Å². The topological polar surface area (TPSA) is 67.2 Å². The first-order chi connectivity index (χ1) is 12.7. The Kier molecular flexibility index (Phi) is 5.61. The van der Waals surface area contributed by atoms with E-state index in [-0.39, 0.29) is 11.2 Å². The number of hydrogen-bond acceptors (Lipinski definition) is 6. The number of nitrogens with one attached hydrogen (secondary N) is 1. The number of halogens is 1. The number of methoxy groups -OCH3 is 2. The summed E-state index contributed by atoms with van der Waals surface area (Å²) < 4.78 is 14.8. The van der Waals surface area contributed by atoms with E-state index in [1.54, 1.807) is 14.2 Å². The van der Waals surface area contributed by atoms with Gasteiger partial charge in [0.15, 0.2) is 5.15 Å². The van der Waals surface area contributed by atoms with E-state index in [0.717, 1.165) is 34.2 Å². The van der Waals surface area contributed by atoms with E-state index in [4.69, 9.17) is 21.1 Å². The van der Waals surface area contributed by atoms with E-state index in [0.29, 0.717) is 10.6 Å². The molecular formula is C19H16ClN3O2S. The largest absolute Gasteiger partial charge is 0.497 e. The van der Waals surface area contributed by atoms with Crippen LogP contribution in [0.2, 0.25) is 5.15 Å². The summed E-state index contributed by atoms with van der Waals surface area (Å²) in [6.07, 6.45) is 0. The zero-order valence-corrected chi connectivity index (χ0v) is 15.8. The van der Waals surface area contributed by atoms with E-state index in [2.05, 4.69) is 15.8 Å². The minimum absolute atomic E-state index is 0.204. The molecular weight excluding hydrogens is 370 g/mol. The van der Waals surface area contributed by atoms with Crippen LogP contribution in [0.25, 0.3) is 0 Å². The van der Waals surface area contributed by atoms with E-state index in [1.165, 1.54) is 0 Å². The average molecular weight is 386 g/mol. The van der Waals surface area contributed by atoms with Crippen LogP contribution < -0.4 is 14.8 Å². The maximum absolute atomic E-state index is 9.36. The molecule has 5 nitrogen and oxygen atoms in total. The van der Waals surface area contributed by atoms with Gasteiger partial charge in [0.05, 0.1) is 20.3 Å². The quantitative estimate of drug-likeness (QED) is 0.654. The number of aromatic nitrogens is 1. The Labute approximate surface area is 160 Å². The number of hydrogen-bond donors (Lipinski definition) is 1. The van der Waals surface area contributed by atoms with Crippen LogP contribution in [-0.4, -0.2) is 18.6 Å². The third-order valence-electron chi connectivity index (χ3n) is 3.89. The maximum Gasteiger partial charge on any atom is 0.162 e. The van der Waals surface area contributed by atoms with Gasteiger partial charge in [-0.1, -0.05) is 35.9 Å². The van der Waals surface area contributed by atoms with Gasteiger partial charge in [0, 0.05) is 0 Å². The highest BCUT2D eigenvalue weighted by Gasteiger charge is 2.20. The van der Waals surface area contributed by atoms with Gasteiger partial charge >= 0.3 is 0 Å². The van der Waals surface area contributed by atoms with Gasteiger partial charge in [-0.3, -0.25) is 0 Å². The first kappa shape index (κ1) is 18.1. The van der Waals surface area contributed by atoms with Crippen molar-refractivity contribution in [3.05, 3.63) is 70.4 Å². The second-order valence-corrected chi connectivity index (χ2v) is 6.55. The molecule has 1 aromatic heterocycles. The van der Waals surface area contributed by atoms with Crippen LogP contribution in [-0.2, 0) is 0 Å². The molecule has 7 heteroatoms. The van der Waals surface area contributed by atoms with Crippen LogP contribution in [0.1, 0.15) is 22.7 Å². The Morgan fingerprint density at radius 1 is 1.08 bits per heavy atom. The lowest BCUT2D eigenvalue weighted by Crippen LogP contribution is -2.12. The molecule has 2 aromatic carbocycles. The van der Waals surface area contributed by atoms with Crippen LogP contribution in [0.5, 0.6) is 11.5 Å². The molecule has 0 bridgehead atoms. The Balaban J connectivity index is 2.07. The molecule has 3 aromatic rings. The maximum atomic E-state index is 9.36. The molecule has 132 valence electrons. The van der Waals surface area contributed by atoms with Crippen molar-refractivity contribution in [2.24, 2.45) is 0 Å². The summed E-state index contributed by atoms with van der Waals surface area (Å²) in [6, 6.07) is 17.4. The third-order valence-corrected chi connectivity index (χ3v) is 5.04. The van der Waals surface area contributed by atoms with E-state index >= 15 is 0 Å². The molecule has 3 rings (SSSR count). The van der Waals surface area contributed by atoms with Crippen molar-refractivity contribution >= 4 is 28.1 Å². The van der Waals surface area contributed by atoms with Crippen LogP contribution in [0, 0.1) is 11.3 Å². The van der Waals surface area contributed by atoms with Crippen LogP contribution >= 0.6 is 23.1 Å². The first-order valence-corrected chi connectivity index (χ1v) is 8.91. The summed E-state index contributed by atoms with van der Waals surface area (Å²) in [5.74, 6) is 1.50. The fourth-order valence-corrected chi connectivity index (χ4v) is 3.56. The number of anilines is 1. The van der Waals surface area contributed by atoms with Gasteiger partial charge in [-0.25, -0.2) is 0 Å². The minimum Gasteiger partial charge on any atom is -0.497 e. The van der Waals surface area contributed by atoms with Crippen molar-refractivity contribution in [3.8, 4) is 17.6 Å². The number of rotatable bonds is 6. The molecule has 0 aliphatic heterocycles. The molecule has 0 spiro atoms. The monoisotopic (exact) mass is 385 g/mol. The smallest absolute Gasteiger partial charge is 0.162 e. The molecule has 0 atom stereocenters. The van der Waals surface area contributed by atoms with Crippen LogP contribution in [0.15, 0.2) is 48.5 Å². The molecule has 0 radical (unpaired) electrons. The van der Waals surface area contributed by atoms with Crippen molar-refractivity contribution in [2.45, 2.75) is 6.04 Å². The Hall–Kier alpha value is -2.75. The highest BCUT2D eigenvalue weighted by atomic mass is 35.5. The van der Waals surface area contributed by atoms with Gasteiger partial charge in [-0.2, -0.15) is 9.64 Å². The normalized spacial score (nSPS) is 10.4. The second-order valence-electron chi connectivity index (χ2n) is 5.42. The fraction of sp³-hybridized carbons (Fsp3) is 0.158. The molecule has 0 aliphatic carbocycles. The van der Waals surface area contributed by atoms with Crippen molar-refractivity contribution in [1.82, 2.24) is 4.37 Å². The summed E-state index contributed by atoms with van der Waals surface area (Å²) in [5, 5.41) is 13.6. The first-order valence-electron chi connectivity index (χ1n) is 7.76. The highest BCUT2D eigenvalue weighted by molar-refractivity contribution is 7.10. The van der Waals surface area contributed by atoms with Crippen molar-refractivity contribution in [2.75, 3.05) is 19.5 Å². The van der Waals surface area contributed by atoms with Gasteiger partial charge in [0.25, 0.3) is 0 Å². The molecule has 0 saturated carbocycles. The van der Waals surface area contributed by atoms with E-state index in [1.807, 2.05) is 48.5 Å². The molecule has 0 amide bonds. The summed E-state index contributed by atoms with van der Waals surface area (Å²) in [6.45, 7) is 0. The lowest BCUT2D eigenvalue weighted by atomic mass is 9.98. The lowest BCUT2D eigenvalue weighted by Gasteiger charge is -2.21. The molecule has 26 heavy (non-hydrogen) atoms. The summed E-state index contributed by atoms with van der Waals surface area (Å²) in [7, 11) is 3.26. The Bertz CT molecular complexity index is 904. The van der Waals surface area contributed by atoms with Gasteiger partial charge in [-0.15, -0.1) is 0 Å². The molecule has 1 heterocycles. The van der Waals surface area contributed by atoms with Crippen molar-refractivity contribution in [1.29, 1.82) is 5.26 Å². The predicted molar refractivity (Wildman–Crippen MR) is 103 cm³/mol. The third kappa shape index (κ3) is 3.74. The average Bonchev–Trinajstić information content (AvgIpc) is 3.05. The zero-order valence-electron chi connectivity index (χ0n) is 14.2. The molecule has 0 fully saturated rings. The van der Waals surface area contributed by atoms with E-state index in [9.17, 15) is 5.26 Å². The van der Waals surface area contributed by atoms with Gasteiger partial charge in [0.2, 0.25) is 0 Å². The molecule has 0 aliphatic rings. The van der Waals surface area contributed by atoms with E-state index < -0.39 is 0 Å². The number of benzene rings is 2. The molecule has 1 N–H and O–H groups in total. The molecule has 0 saturated heterocycles. The highest BCUT2D eigenvalue weighted by Crippen LogP contribution is 2.35. The summed E-state index contributed by atoms with van der Waals surface area (Å²) in [5.41, 5.74) is 2.30. The second kappa shape index (κ2) is 8.09. The summed E-state index contributed by atoms with van der Waals surface area (Å²) in [4.78, 5) is 0. The van der Waals surface area contributed by atoms with Gasteiger partial charge < -0.3 is 14.8 Å². The fourth-order valence-electron chi connectivity index (χ4n) is 2.60. The standard InChI is InChI=1S/C19H16ClN3O2S/c1-24-14-7-3-5-12(9-14)17(13-6-4-8-15(10-13)25-2)22-19-16(11-21)18(20)23-26-19/h3-10,17,22H,1-2H3. The zero-order chi connectivity index (χ0) is 18.5. The van der Waals surface area contributed by atoms with Crippen molar-refractivity contribution < 1.29 is 9.47 Å². The number of nitrogens with zero attached hydrogens (tertiary/aromatic N) is 2. The van der Waals surface area contributed by atoms with Crippen LogP contribution in [0.3, 0.4) is 0 Å².